The standard InChI is InChI=1S/C22H22N4O3/c1-2-26(15-16-6-4-3-5-7-16)21(27)17-13-23-22(24-14-17)25-18-8-9-19-20(12-18)29-11-10-28-19/h3-9,12-14H,2,10-11,15H2,1H3,(H,23,24,25). The minimum Gasteiger partial charge on any atom is -0.486 e. The number of benzene rings is 2. The SMILES string of the molecule is CCN(Cc1ccccc1)C(=O)c1cnc(Nc2ccc3c(c2)OCCO3)nc1. The van der Waals surface area contributed by atoms with Gasteiger partial charge in [-0.25, -0.2) is 9.97 Å². The fourth-order valence-electron chi connectivity index (χ4n) is 3.07. The van der Waals surface area contributed by atoms with Gasteiger partial charge in [0.1, 0.15) is 13.2 Å². The van der Waals surface area contributed by atoms with Crippen molar-refractivity contribution in [1.82, 2.24) is 14.9 Å². The molecule has 0 fully saturated rings. The van der Waals surface area contributed by atoms with Gasteiger partial charge in [0.2, 0.25) is 5.95 Å². The van der Waals surface area contributed by atoms with Gasteiger partial charge < -0.3 is 19.7 Å². The lowest BCUT2D eigenvalue weighted by molar-refractivity contribution is 0.0751. The average molecular weight is 390 g/mol. The van der Waals surface area contributed by atoms with Crippen molar-refractivity contribution < 1.29 is 14.3 Å². The van der Waals surface area contributed by atoms with Gasteiger partial charge >= 0.3 is 0 Å². The Morgan fingerprint density at radius 1 is 1.03 bits per heavy atom. The van der Waals surface area contributed by atoms with E-state index < -0.39 is 0 Å². The number of aromatic nitrogens is 2. The second-order valence-corrected chi connectivity index (χ2v) is 6.58. The molecule has 29 heavy (non-hydrogen) atoms. The van der Waals surface area contributed by atoms with Crippen molar-refractivity contribution in [1.29, 1.82) is 0 Å². The van der Waals surface area contributed by atoms with Crippen molar-refractivity contribution in [3.8, 4) is 11.5 Å². The zero-order valence-corrected chi connectivity index (χ0v) is 16.2. The molecule has 1 amide bonds. The minimum absolute atomic E-state index is 0.0952. The number of anilines is 2. The molecule has 1 aromatic heterocycles. The summed E-state index contributed by atoms with van der Waals surface area (Å²) in [4.78, 5) is 23.1. The van der Waals surface area contributed by atoms with Crippen LogP contribution in [0.1, 0.15) is 22.8 Å². The zero-order chi connectivity index (χ0) is 20.1. The fraction of sp³-hybridized carbons (Fsp3) is 0.227. The van der Waals surface area contributed by atoms with E-state index in [1.54, 1.807) is 17.3 Å². The number of carbonyl (C=O) groups is 1. The van der Waals surface area contributed by atoms with Crippen LogP contribution in [0, 0.1) is 0 Å². The average Bonchev–Trinajstić information content (AvgIpc) is 2.78. The maximum absolute atomic E-state index is 12.8. The summed E-state index contributed by atoms with van der Waals surface area (Å²) < 4.78 is 11.1. The van der Waals surface area contributed by atoms with Crippen LogP contribution in [0.2, 0.25) is 0 Å². The molecule has 2 aromatic carbocycles. The molecule has 1 aliphatic rings. The molecule has 0 saturated heterocycles. The highest BCUT2D eigenvalue weighted by molar-refractivity contribution is 5.93. The molecule has 2 heterocycles. The minimum atomic E-state index is -0.0952. The topological polar surface area (TPSA) is 76.6 Å². The highest BCUT2D eigenvalue weighted by Crippen LogP contribution is 2.33. The summed E-state index contributed by atoms with van der Waals surface area (Å²) in [5, 5.41) is 3.12. The Bertz CT molecular complexity index is 977. The Balaban J connectivity index is 1.43. The normalized spacial score (nSPS) is 12.3. The van der Waals surface area contributed by atoms with Crippen LogP contribution in [0.4, 0.5) is 11.6 Å². The fourth-order valence-corrected chi connectivity index (χ4v) is 3.07. The van der Waals surface area contributed by atoms with Crippen molar-refractivity contribution in [3.63, 3.8) is 0 Å². The van der Waals surface area contributed by atoms with Crippen LogP contribution in [-0.4, -0.2) is 40.5 Å². The molecule has 148 valence electrons. The molecule has 7 heteroatoms. The molecule has 0 aliphatic carbocycles. The first-order valence-corrected chi connectivity index (χ1v) is 9.55. The lowest BCUT2D eigenvalue weighted by Gasteiger charge is -2.21. The highest BCUT2D eigenvalue weighted by Gasteiger charge is 2.16. The van der Waals surface area contributed by atoms with E-state index in [1.165, 1.54) is 0 Å². The highest BCUT2D eigenvalue weighted by atomic mass is 16.6. The number of ether oxygens (including phenoxy) is 2. The predicted octanol–water partition coefficient (Wildman–Crippen LogP) is 3.65. The summed E-state index contributed by atoms with van der Waals surface area (Å²) in [6.45, 7) is 4.19. The summed E-state index contributed by atoms with van der Waals surface area (Å²) in [6.07, 6.45) is 3.09. The van der Waals surface area contributed by atoms with E-state index in [9.17, 15) is 4.79 Å². The molecule has 0 saturated carbocycles. The molecular formula is C22H22N4O3. The number of nitrogens with one attached hydrogen (secondary N) is 1. The van der Waals surface area contributed by atoms with Crippen molar-refractivity contribution >= 4 is 17.5 Å². The van der Waals surface area contributed by atoms with Crippen LogP contribution in [0.15, 0.2) is 60.9 Å². The van der Waals surface area contributed by atoms with Crippen molar-refractivity contribution in [2.75, 3.05) is 25.1 Å². The van der Waals surface area contributed by atoms with E-state index in [2.05, 4.69) is 15.3 Å². The molecule has 7 nitrogen and oxygen atoms in total. The van der Waals surface area contributed by atoms with Gasteiger partial charge in [0.25, 0.3) is 5.91 Å². The third kappa shape index (κ3) is 4.45. The smallest absolute Gasteiger partial charge is 0.257 e. The Morgan fingerprint density at radius 3 is 2.48 bits per heavy atom. The molecule has 0 atom stereocenters. The Morgan fingerprint density at radius 2 is 1.76 bits per heavy atom. The predicted molar refractivity (Wildman–Crippen MR) is 110 cm³/mol. The molecular weight excluding hydrogens is 368 g/mol. The summed E-state index contributed by atoms with van der Waals surface area (Å²) >= 11 is 0. The van der Waals surface area contributed by atoms with Gasteiger partial charge in [0.05, 0.1) is 5.56 Å². The van der Waals surface area contributed by atoms with Gasteiger partial charge in [-0.3, -0.25) is 4.79 Å². The number of nitrogens with zero attached hydrogens (tertiary/aromatic N) is 3. The van der Waals surface area contributed by atoms with Gasteiger partial charge in [-0.15, -0.1) is 0 Å². The first kappa shape index (κ1) is 18.7. The third-order valence-corrected chi connectivity index (χ3v) is 4.58. The maximum atomic E-state index is 12.8. The molecule has 4 rings (SSSR count). The second kappa shape index (κ2) is 8.60. The number of rotatable bonds is 6. The molecule has 0 radical (unpaired) electrons. The molecule has 0 spiro atoms. The molecule has 0 bridgehead atoms. The number of hydrogen-bond acceptors (Lipinski definition) is 6. The van der Waals surface area contributed by atoms with Gasteiger partial charge in [-0.1, -0.05) is 30.3 Å². The molecule has 3 aromatic rings. The van der Waals surface area contributed by atoms with Gasteiger partial charge in [-0.05, 0) is 24.6 Å². The van der Waals surface area contributed by atoms with E-state index in [4.69, 9.17) is 9.47 Å². The summed E-state index contributed by atoms with van der Waals surface area (Å²) in [5.74, 6) is 1.72. The molecule has 1 N–H and O–H groups in total. The lowest BCUT2D eigenvalue weighted by atomic mass is 10.2. The second-order valence-electron chi connectivity index (χ2n) is 6.58. The van der Waals surface area contributed by atoms with Crippen molar-refractivity contribution in [3.05, 3.63) is 72.1 Å². The monoisotopic (exact) mass is 390 g/mol. The molecule has 0 unspecified atom stereocenters. The number of carbonyl (C=O) groups excluding carboxylic acids is 1. The third-order valence-electron chi connectivity index (χ3n) is 4.58. The van der Waals surface area contributed by atoms with Crippen LogP contribution in [0.5, 0.6) is 11.5 Å². The van der Waals surface area contributed by atoms with E-state index in [-0.39, 0.29) is 5.91 Å². The molecule has 1 aliphatic heterocycles. The summed E-state index contributed by atoms with van der Waals surface area (Å²) in [6, 6.07) is 15.5. The van der Waals surface area contributed by atoms with Gasteiger partial charge in [-0.2, -0.15) is 0 Å². The lowest BCUT2D eigenvalue weighted by Crippen LogP contribution is -2.30. The summed E-state index contributed by atoms with van der Waals surface area (Å²) in [5.41, 5.74) is 2.32. The largest absolute Gasteiger partial charge is 0.486 e. The van der Waals surface area contributed by atoms with E-state index >= 15 is 0 Å². The zero-order valence-electron chi connectivity index (χ0n) is 16.2. The number of hydrogen-bond donors (Lipinski definition) is 1. The number of amides is 1. The summed E-state index contributed by atoms with van der Waals surface area (Å²) in [7, 11) is 0. The van der Waals surface area contributed by atoms with Crippen LogP contribution in [0.3, 0.4) is 0 Å². The van der Waals surface area contributed by atoms with Crippen molar-refractivity contribution in [2.24, 2.45) is 0 Å². The first-order chi connectivity index (χ1) is 14.2. The quantitative estimate of drug-likeness (QED) is 0.692. The van der Waals surface area contributed by atoms with Crippen molar-refractivity contribution in [2.45, 2.75) is 13.5 Å². The number of fused-ring (bicyclic) bond motifs is 1. The van der Waals surface area contributed by atoms with Crippen LogP contribution < -0.4 is 14.8 Å². The van der Waals surface area contributed by atoms with Crippen LogP contribution >= 0.6 is 0 Å². The van der Waals surface area contributed by atoms with E-state index in [0.717, 1.165) is 17.0 Å². The Kier molecular flexibility index (Phi) is 5.56. The maximum Gasteiger partial charge on any atom is 0.257 e. The van der Waals surface area contributed by atoms with E-state index in [0.29, 0.717) is 43.6 Å². The van der Waals surface area contributed by atoms with Gasteiger partial charge in [0.15, 0.2) is 11.5 Å². The Labute approximate surface area is 169 Å². The van der Waals surface area contributed by atoms with Gasteiger partial charge in [0, 0.05) is 37.2 Å². The van der Waals surface area contributed by atoms with E-state index in [1.807, 2.05) is 55.5 Å². The first-order valence-electron chi connectivity index (χ1n) is 9.55. The van der Waals surface area contributed by atoms with Crippen LogP contribution in [-0.2, 0) is 6.54 Å². The Hall–Kier alpha value is -3.61. The van der Waals surface area contributed by atoms with Crippen LogP contribution in [0.25, 0.3) is 0 Å².